The fourth-order valence-electron chi connectivity index (χ4n) is 3.17. The Morgan fingerprint density at radius 2 is 1.85 bits per heavy atom. The van der Waals surface area contributed by atoms with Crippen LogP contribution in [0, 0.1) is 11.6 Å². The van der Waals surface area contributed by atoms with Crippen molar-refractivity contribution in [3.63, 3.8) is 0 Å². The van der Waals surface area contributed by atoms with Gasteiger partial charge in [-0.2, -0.15) is 0 Å². The molecule has 0 fully saturated rings. The van der Waals surface area contributed by atoms with Gasteiger partial charge in [-0.05, 0) is 37.9 Å². The van der Waals surface area contributed by atoms with E-state index in [1.165, 1.54) is 0 Å². The molecule has 0 aliphatic heterocycles. The molecule has 1 atom stereocenters. The van der Waals surface area contributed by atoms with Crippen LogP contribution in [0.1, 0.15) is 11.6 Å². The van der Waals surface area contributed by atoms with Gasteiger partial charge in [0.15, 0.2) is 0 Å². The molecule has 0 amide bonds. The van der Waals surface area contributed by atoms with E-state index < -0.39 is 26.6 Å². The summed E-state index contributed by atoms with van der Waals surface area (Å²) in [6.45, 7) is 0.0418. The van der Waals surface area contributed by atoms with Gasteiger partial charge in [-0.1, -0.05) is 18.2 Å². The SMILES string of the molecule is CN(C)C(CNS(=O)(=O)c1ccc(F)cc1F)c1cn(C)c2ccccc12. The van der Waals surface area contributed by atoms with Crippen LogP contribution in [0.15, 0.2) is 53.6 Å². The average Bonchev–Trinajstić information content (AvgIpc) is 2.91. The Labute approximate surface area is 157 Å². The topological polar surface area (TPSA) is 54.3 Å². The first-order chi connectivity index (χ1) is 12.7. The number of hydrogen-bond acceptors (Lipinski definition) is 3. The highest BCUT2D eigenvalue weighted by atomic mass is 32.2. The molecule has 27 heavy (non-hydrogen) atoms. The molecule has 5 nitrogen and oxygen atoms in total. The Morgan fingerprint density at radius 1 is 1.15 bits per heavy atom. The molecule has 3 rings (SSSR count). The Morgan fingerprint density at radius 3 is 2.52 bits per heavy atom. The van der Waals surface area contributed by atoms with Gasteiger partial charge >= 0.3 is 0 Å². The van der Waals surface area contributed by atoms with Gasteiger partial charge in [-0.25, -0.2) is 21.9 Å². The standard InChI is InChI=1S/C19H21F2N3O2S/c1-23(2)18(15-12-24(3)17-7-5-4-6-14(15)17)11-22-27(25,26)19-9-8-13(20)10-16(19)21/h4-10,12,18,22H,11H2,1-3H3. The van der Waals surface area contributed by atoms with Crippen molar-refractivity contribution in [2.75, 3.05) is 20.6 Å². The maximum Gasteiger partial charge on any atom is 0.243 e. The summed E-state index contributed by atoms with van der Waals surface area (Å²) >= 11 is 0. The molecule has 1 heterocycles. The molecule has 1 N–H and O–H groups in total. The van der Waals surface area contributed by atoms with Crippen LogP contribution >= 0.6 is 0 Å². The van der Waals surface area contributed by atoms with Crippen molar-refractivity contribution < 1.29 is 17.2 Å². The lowest BCUT2D eigenvalue weighted by atomic mass is 10.1. The maximum absolute atomic E-state index is 13.9. The maximum atomic E-state index is 13.9. The molecule has 0 radical (unpaired) electrons. The van der Waals surface area contributed by atoms with Gasteiger partial charge in [0.25, 0.3) is 0 Å². The fraction of sp³-hybridized carbons (Fsp3) is 0.263. The summed E-state index contributed by atoms with van der Waals surface area (Å²) < 4.78 is 56.4. The van der Waals surface area contributed by atoms with Gasteiger partial charge in [-0.15, -0.1) is 0 Å². The van der Waals surface area contributed by atoms with Crippen LogP contribution in [0.5, 0.6) is 0 Å². The second kappa shape index (κ2) is 7.38. The molecule has 0 bridgehead atoms. The third-order valence-electron chi connectivity index (χ3n) is 4.56. The number of rotatable bonds is 6. The van der Waals surface area contributed by atoms with E-state index in [4.69, 9.17) is 0 Å². The zero-order valence-corrected chi connectivity index (χ0v) is 16.1. The molecule has 0 aliphatic rings. The van der Waals surface area contributed by atoms with Crippen LogP contribution in [-0.2, 0) is 17.1 Å². The number of benzene rings is 2. The van der Waals surface area contributed by atoms with Crippen molar-refractivity contribution in [2.45, 2.75) is 10.9 Å². The van der Waals surface area contributed by atoms with Gasteiger partial charge in [0.2, 0.25) is 10.0 Å². The molecule has 3 aromatic rings. The van der Waals surface area contributed by atoms with E-state index in [1.807, 2.05) is 61.1 Å². The van der Waals surface area contributed by atoms with Crippen molar-refractivity contribution >= 4 is 20.9 Å². The molecule has 8 heteroatoms. The van der Waals surface area contributed by atoms with Crippen LogP contribution in [0.4, 0.5) is 8.78 Å². The first-order valence-electron chi connectivity index (χ1n) is 8.36. The largest absolute Gasteiger partial charge is 0.350 e. The first-order valence-corrected chi connectivity index (χ1v) is 9.84. The minimum absolute atomic E-state index is 0.0418. The molecule has 0 spiro atoms. The summed E-state index contributed by atoms with van der Waals surface area (Å²) in [7, 11) is 1.50. The van der Waals surface area contributed by atoms with Crippen LogP contribution in [-0.4, -0.2) is 38.5 Å². The predicted octanol–water partition coefficient (Wildman–Crippen LogP) is 3.04. The Hall–Kier alpha value is -2.29. The monoisotopic (exact) mass is 393 g/mol. The lowest BCUT2D eigenvalue weighted by molar-refractivity contribution is 0.301. The second-order valence-corrected chi connectivity index (χ2v) is 8.35. The predicted molar refractivity (Wildman–Crippen MR) is 101 cm³/mol. The third kappa shape index (κ3) is 3.87. The van der Waals surface area contributed by atoms with Crippen molar-refractivity contribution in [3.05, 3.63) is 65.9 Å². The molecular formula is C19H21F2N3O2S. The van der Waals surface area contributed by atoms with E-state index in [2.05, 4.69) is 4.72 Å². The highest BCUT2D eigenvalue weighted by molar-refractivity contribution is 7.89. The average molecular weight is 393 g/mol. The highest BCUT2D eigenvalue weighted by Crippen LogP contribution is 2.28. The molecule has 1 unspecified atom stereocenters. The Balaban J connectivity index is 1.91. The summed E-state index contributed by atoms with van der Waals surface area (Å²) in [5.74, 6) is -1.94. The van der Waals surface area contributed by atoms with Crippen LogP contribution in [0.2, 0.25) is 0 Å². The number of halogens is 2. The number of nitrogens with zero attached hydrogens (tertiary/aromatic N) is 2. The van der Waals surface area contributed by atoms with E-state index >= 15 is 0 Å². The number of fused-ring (bicyclic) bond motifs is 1. The molecule has 144 valence electrons. The number of para-hydroxylation sites is 1. The van der Waals surface area contributed by atoms with Gasteiger partial charge in [-0.3, -0.25) is 0 Å². The Kier molecular flexibility index (Phi) is 5.32. The lowest BCUT2D eigenvalue weighted by Crippen LogP contribution is -2.34. The first kappa shape index (κ1) is 19.5. The van der Waals surface area contributed by atoms with E-state index in [0.717, 1.165) is 28.6 Å². The number of hydrogen-bond donors (Lipinski definition) is 1. The van der Waals surface area contributed by atoms with Crippen LogP contribution in [0.3, 0.4) is 0 Å². The van der Waals surface area contributed by atoms with Crippen molar-refractivity contribution in [1.29, 1.82) is 0 Å². The lowest BCUT2D eigenvalue weighted by Gasteiger charge is -2.24. The van der Waals surface area contributed by atoms with Crippen LogP contribution in [0.25, 0.3) is 10.9 Å². The van der Waals surface area contributed by atoms with Crippen molar-refractivity contribution in [2.24, 2.45) is 7.05 Å². The van der Waals surface area contributed by atoms with Gasteiger partial charge in [0.05, 0.1) is 0 Å². The molecule has 2 aromatic carbocycles. The Bertz CT molecular complexity index is 1080. The normalized spacial score (nSPS) is 13.4. The minimum atomic E-state index is -4.12. The minimum Gasteiger partial charge on any atom is -0.350 e. The van der Waals surface area contributed by atoms with E-state index in [1.54, 1.807) is 0 Å². The number of likely N-dealkylation sites (N-methyl/N-ethyl adjacent to an activating group) is 1. The quantitative estimate of drug-likeness (QED) is 0.700. The molecule has 1 aromatic heterocycles. The van der Waals surface area contributed by atoms with E-state index in [-0.39, 0.29) is 12.6 Å². The summed E-state index contributed by atoms with van der Waals surface area (Å²) in [4.78, 5) is 1.32. The molecule has 0 aliphatic carbocycles. The van der Waals surface area contributed by atoms with Gasteiger partial charge < -0.3 is 9.47 Å². The summed E-state index contributed by atoms with van der Waals surface area (Å²) in [5, 5.41) is 1.02. The highest BCUT2D eigenvalue weighted by Gasteiger charge is 2.24. The zero-order chi connectivity index (χ0) is 19.8. The third-order valence-corrected chi connectivity index (χ3v) is 6.02. The number of nitrogens with one attached hydrogen (secondary N) is 1. The smallest absolute Gasteiger partial charge is 0.243 e. The van der Waals surface area contributed by atoms with Gasteiger partial charge in [0.1, 0.15) is 16.5 Å². The molecule has 0 saturated carbocycles. The summed E-state index contributed by atoms with van der Waals surface area (Å²) in [6.07, 6.45) is 1.96. The van der Waals surface area contributed by atoms with E-state index in [0.29, 0.717) is 6.07 Å². The number of aromatic nitrogens is 1. The van der Waals surface area contributed by atoms with Crippen molar-refractivity contribution in [3.8, 4) is 0 Å². The van der Waals surface area contributed by atoms with E-state index in [9.17, 15) is 17.2 Å². The second-order valence-electron chi connectivity index (χ2n) is 6.62. The number of aryl methyl sites for hydroxylation is 1. The molecular weight excluding hydrogens is 372 g/mol. The fourth-order valence-corrected chi connectivity index (χ4v) is 4.26. The van der Waals surface area contributed by atoms with Crippen LogP contribution < -0.4 is 4.72 Å². The summed E-state index contributed by atoms with van der Waals surface area (Å²) in [5.41, 5.74) is 1.99. The van der Waals surface area contributed by atoms with Crippen molar-refractivity contribution in [1.82, 2.24) is 14.2 Å². The number of sulfonamides is 1. The summed E-state index contributed by atoms with van der Waals surface area (Å²) in [6, 6.07) is 9.98. The van der Waals surface area contributed by atoms with Gasteiger partial charge in [0, 0.05) is 42.8 Å². The molecule has 0 saturated heterocycles. The zero-order valence-electron chi connectivity index (χ0n) is 15.3.